The Balaban J connectivity index is 1.93. The van der Waals surface area contributed by atoms with Crippen LogP contribution in [0.25, 0.3) is 17.1 Å². The molecule has 1 aromatic carbocycles. The van der Waals surface area contributed by atoms with Crippen molar-refractivity contribution in [2.75, 3.05) is 18.9 Å². The zero-order valence-corrected chi connectivity index (χ0v) is 16.4. The summed E-state index contributed by atoms with van der Waals surface area (Å²) in [4.78, 5) is 16.0. The molecule has 3 aromatic rings. The highest BCUT2D eigenvalue weighted by molar-refractivity contribution is 7.99. The van der Waals surface area contributed by atoms with Crippen LogP contribution in [0.4, 0.5) is 0 Å². The monoisotopic (exact) mass is 395 g/mol. The van der Waals surface area contributed by atoms with Crippen LogP contribution < -0.4 is 10.1 Å². The number of carbonyl (C=O) groups excluding carboxylic acids is 1. The van der Waals surface area contributed by atoms with Crippen molar-refractivity contribution in [1.29, 1.82) is 0 Å². The first-order valence-corrected chi connectivity index (χ1v) is 9.81. The third kappa shape index (κ3) is 4.77. The third-order valence-corrected chi connectivity index (χ3v) is 4.68. The SMILES string of the molecule is C=CCNC(=O)CSc1nnc(-c2ccncc2)n1-c1ccc(OCC)cc1. The van der Waals surface area contributed by atoms with E-state index in [2.05, 4.69) is 27.1 Å². The van der Waals surface area contributed by atoms with Gasteiger partial charge in [0.25, 0.3) is 0 Å². The van der Waals surface area contributed by atoms with E-state index in [-0.39, 0.29) is 11.7 Å². The van der Waals surface area contributed by atoms with Gasteiger partial charge in [0, 0.05) is 30.2 Å². The molecule has 0 unspecified atom stereocenters. The van der Waals surface area contributed by atoms with E-state index in [1.165, 1.54) is 11.8 Å². The summed E-state index contributed by atoms with van der Waals surface area (Å²) in [7, 11) is 0. The van der Waals surface area contributed by atoms with Gasteiger partial charge in [0.1, 0.15) is 5.75 Å². The van der Waals surface area contributed by atoms with Crippen molar-refractivity contribution in [2.45, 2.75) is 12.1 Å². The van der Waals surface area contributed by atoms with Crippen molar-refractivity contribution < 1.29 is 9.53 Å². The number of thioether (sulfide) groups is 1. The molecule has 3 rings (SSSR count). The number of rotatable bonds is 9. The number of hydrogen-bond donors (Lipinski definition) is 1. The van der Waals surface area contributed by atoms with Crippen LogP contribution in [0.1, 0.15) is 6.92 Å². The fraction of sp³-hybridized carbons (Fsp3) is 0.200. The second-order valence-corrected chi connectivity index (χ2v) is 6.63. The van der Waals surface area contributed by atoms with Gasteiger partial charge in [0.2, 0.25) is 5.91 Å². The minimum Gasteiger partial charge on any atom is -0.494 e. The molecule has 28 heavy (non-hydrogen) atoms. The summed E-state index contributed by atoms with van der Waals surface area (Å²) in [5.74, 6) is 1.62. The maximum absolute atomic E-state index is 12.0. The van der Waals surface area contributed by atoms with E-state index >= 15 is 0 Å². The minimum atomic E-state index is -0.0865. The van der Waals surface area contributed by atoms with Gasteiger partial charge in [0.05, 0.1) is 12.4 Å². The molecule has 2 heterocycles. The van der Waals surface area contributed by atoms with Gasteiger partial charge in [-0.1, -0.05) is 17.8 Å². The van der Waals surface area contributed by atoms with E-state index in [4.69, 9.17) is 4.74 Å². The molecule has 0 radical (unpaired) electrons. The largest absolute Gasteiger partial charge is 0.494 e. The van der Waals surface area contributed by atoms with Crippen molar-refractivity contribution in [1.82, 2.24) is 25.1 Å². The molecule has 7 nitrogen and oxygen atoms in total. The lowest BCUT2D eigenvalue weighted by atomic mass is 10.2. The molecule has 1 N–H and O–H groups in total. The van der Waals surface area contributed by atoms with Crippen LogP contribution in [0, 0.1) is 0 Å². The maximum Gasteiger partial charge on any atom is 0.230 e. The summed E-state index contributed by atoms with van der Waals surface area (Å²) in [5, 5.41) is 12.0. The normalized spacial score (nSPS) is 10.5. The Morgan fingerprint density at radius 3 is 2.64 bits per heavy atom. The van der Waals surface area contributed by atoms with Gasteiger partial charge in [-0.3, -0.25) is 14.3 Å². The van der Waals surface area contributed by atoms with E-state index in [9.17, 15) is 4.79 Å². The molecule has 0 saturated heterocycles. The van der Waals surface area contributed by atoms with E-state index in [1.807, 2.05) is 47.9 Å². The lowest BCUT2D eigenvalue weighted by Crippen LogP contribution is -2.25. The Bertz CT molecular complexity index is 926. The molecule has 0 bridgehead atoms. The summed E-state index contributed by atoms with van der Waals surface area (Å²) in [6.07, 6.45) is 5.07. The molecular formula is C20H21N5O2S. The van der Waals surface area contributed by atoms with Crippen molar-refractivity contribution in [3.63, 3.8) is 0 Å². The Kier molecular flexibility index (Phi) is 6.80. The number of aromatic nitrogens is 4. The molecule has 0 fully saturated rings. The summed E-state index contributed by atoms with van der Waals surface area (Å²) in [5.41, 5.74) is 1.77. The molecule has 1 amide bonds. The molecule has 2 aromatic heterocycles. The lowest BCUT2D eigenvalue weighted by Gasteiger charge is -2.11. The molecule has 0 aliphatic heterocycles. The lowest BCUT2D eigenvalue weighted by molar-refractivity contribution is -0.118. The zero-order valence-electron chi connectivity index (χ0n) is 15.5. The Hall–Kier alpha value is -3.13. The summed E-state index contributed by atoms with van der Waals surface area (Å²) >= 11 is 1.33. The van der Waals surface area contributed by atoms with Crippen LogP contribution in [-0.4, -0.2) is 44.6 Å². The Morgan fingerprint density at radius 1 is 1.21 bits per heavy atom. The van der Waals surface area contributed by atoms with Gasteiger partial charge in [-0.25, -0.2) is 0 Å². The molecular weight excluding hydrogens is 374 g/mol. The number of amides is 1. The van der Waals surface area contributed by atoms with Crippen molar-refractivity contribution in [2.24, 2.45) is 0 Å². The molecule has 0 spiro atoms. The fourth-order valence-corrected chi connectivity index (χ4v) is 3.29. The maximum atomic E-state index is 12.0. The topological polar surface area (TPSA) is 81.9 Å². The number of hydrogen-bond acceptors (Lipinski definition) is 6. The fourth-order valence-electron chi connectivity index (χ4n) is 2.51. The van der Waals surface area contributed by atoms with Crippen molar-refractivity contribution in [3.8, 4) is 22.8 Å². The first kappa shape index (κ1) is 19.6. The number of pyridine rings is 1. The quantitative estimate of drug-likeness (QED) is 0.443. The predicted molar refractivity (Wildman–Crippen MR) is 110 cm³/mol. The molecule has 0 atom stereocenters. The first-order valence-electron chi connectivity index (χ1n) is 8.82. The number of carbonyl (C=O) groups is 1. The Labute approximate surface area is 167 Å². The van der Waals surface area contributed by atoms with Crippen LogP contribution in [0.5, 0.6) is 5.75 Å². The van der Waals surface area contributed by atoms with Crippen LogP contribution in [0.2, 0.25) is 0 Å². The van der Waals surface area contributed by atoms with Gasteiger partial charge in [-0.2, -0.15) is 0 Å². The van der Waals surface area contributed by atoms with E-state index < -0.39 is 0 Å². The predicted octanol–water partition coefficient (Wildman–Crippen LogP) is 3.12. The highest BCUT2D eigenvalue weighted by Gasteiger charge is 2.17. The molecule has 0 aliphatic rings. The van der Waals surface area contributed by atoms with Crippen LogP contribution in [-0.2, 0) is 4.79 Å². The molecule has 8 heteroatoms. The molecule has 0 aliphatic carbocycles. The first-order chi connectivity index (χ1) is 13.7. The van der Waals surface area contributed by atoms with Crippen molar-refractivity contribution in [3.05, 3.63) is 61.4 Å². The number of nitrogens with zero attached hydrogens (tertiary/aromatic N) is 4. The standard InChI is InChI=1S/C20H21N5O2S/c1-3-11-22-18(26)14-28-20-24-23-19(15-9-12-21-13-10-15)25(20)16-5-7-17(8-6-16)27-4-2/h3,5-10,12-13H,1,4,11,14H2,2H3,(H,22,26). The average Bonchev–Trinajstić information content (AvgIpc) is 3.16. The molecule has 0 saturated carbocycles. The summed E-state index contributed by atoms with van der Waals surface area (Å²) in [6, 6.07) is 11.4. The van der Waals surface area contributed by atoms with Gasteiger partial charge in [-0.05, 0) is 43.3 Å². The zero-order chi connectivity index (χ0) is 19.8. The highest BCUT2D eigenvalue weighted by Crippen LogP contribution is 2.28. The number of benzene rings is 1. The van der Waals surface area contributed by atoms with Gasteiger partial charge >= 0.3 is 0 Å². The number of ether oxygens (including phenoxy) is 1. The highest BCUT2D eigenvalue weighted by atomic mass is 32.2. The number of nitrogens with one attached hydrogen (secondary N) is 1. The Morgan fingerprint density at radius 2 is 1.96 bits per heavy atom. The minimum absolute atomic E-state index is 0.0865. The van der Waals surface area contributed by atoms with Gasteiger partial charge in [-0.15, -0.1) is 16.8 Å². The average molecular weight is 395 g/mol. The van der Waals surface area contributed by atoms with E-state index in [0.29, 0.717) is 24.1 Å². The van der Waals surface area contributed by atoms with E-state index in [1.54, 1.807) is 18.5 Å². The van der Waals surface area contributed by atoms with Crippen LogP contribution in [0.15, 0.2) is 66.6 Å². The summed E-state index contributed by atoms with van der Waals surface area (Å²) in [6.45, 7) is 6.59. The second kappa shape index (κ2) is 9.70. The van der Waals surface area contributed by atoms with Gasteiger partial charge < -0.3 is 10.1 Å². The van der Waals surface area contributed by atoms with E-state index in [0.717, 1.165) is 17.0 Å². The summed E-state index contributed by atoms with van der Waals surface area (Å²) < 4.78 is 7.45. The van der Waals surface area contributed by atoms with Gasteiger partial charge in [0.15, 0.2) is 11.0 Å². The van der Waals surface area contributed by atoms with Crippen LogP contribution >= 0.6 is 11.8 Å². The van der Waals surface area contributed by atoms with Crippen molar-refractivity contribution >= 4 is 17.7 Å². The smallest absolute Gasteiger partial charge is 0.230 e. The third-order valence-electron chi connectivity index (χ3n) is 3.75. The van der Waals surface area contributed by atoms with Crippen LogP contribution in [0.3, 0.4) is 0 Å². The molecule has 144 valence electrons. The second-order valence-electron chi connectivity index (χ2n) is 5.69.